The lowest BCUT2D eigenvalue weighted by molar-refractivity contribution is -0.115. The van der Waals surface area contributed by atoms with Gasteiger partial charge in [0.2, 0.25) is 5.91 Å². The van der Waals surface area contributed by atoms with E-state index in [2.05, 4.69) is 20.0 Å². The van der Waals surface area contributed by atoms with Crippen LogP contribution in [0.1, 0.15) is 41.1 Å². The predicted molar refractivity (Wildman–Crippen MR) is 137 cm³/mol. The largest absolute Gasteiger partial charge is 0.326 e. The molecule has 0 spiro atoms. The van der Waals surface area contributed by atoms with Gasteiger partial charge in [-0.25, -0.2) is 13.4 Å². The second kappa shape index (κ2) is 10.5. The van der Waals surface area contributed by atoms with E-state index in [4.69, 9.17) is 0 Å². The maximum atomic E-state index is 12.7. The van der Waals surface area contributed by atoms with Crippen LogP contribution < -0.4 is 10.0 Å². The number of thiazole rings is 1. The summed E-state index contributed by atoms with van der Waals surface area (Å²) in [5, 5.41) is 3.76. The molecule has 2 heterocycles. The van der Waals surface area contributed by atoms with Gasteiger partial charge in [0.15, 0.2) is 0 Å². The van der Waals surface area contributed by atoms with E-state index in [1.807, 2.05) is 38.1 Å². The van der Waals surface area contributed by atoms with Crippen LogP contribution in [-0.2, 0) is 21.2 Å². The lowest BCUT2D eigenvalue weighted by Gasteiger charge is -2.11. The van der Waals surface area contributed by atoms with Crippen molar-refractivity contribution >= 4 is 38.8 Å². The molecule has 0 saturated heterocycles. The molecule has 0 atom stereocenters. The van der Waals surface area contributed by atoms with Gasteiger partial charge in [-0.3, -0.25) is 14.5 Å². The number of aliphatic imine (C=N–C) groups is 1. The first-order chi connectivity index (χ1) is 16.3. The third-order valence-corrected chi connectivity index (χ3v) is 7.89. The van der Waals surface area contributed by atoms with Crippen molar-refractivity contribution in [3.63, 3.8) is 0 Å². The van der Waals surface area contributed by atoms with Crippen molar-refractivity contribution in [1.29, 1.82) is 0 Å². The Morgan fingerprint density at radius 1 is 1.00 bits per heavy atom. The lowest BCUT2D eigenvalue weighted by Crippen LogP contribution is -2.30. The lowest BCUT2D eigenvalue weighted by atomic mass is 10.1. The Bertz CT molecular complexity index is 1290. The van der Waals surface area contributed by atoms with Gasteiger partial charge in [0.25, 0.3) is 10.0 Å². The van der Waals surface area contributed by atoms with Gasteiger partial charge in [-0.2, -0.15) is 0 Å². The summed E-state index contributed by atoms with van der Waals surface area (Å²) in [4.78, 5) is 22.7. The van der Waals surface area contributed by atoms with Crippen molar-refractivity contribution in [1.82, 2.24) is 9.71 Å². The van der Waals surface area contributed by atoms with Gasteiger partial charge in [-0.1, -0.05) is 36.2 Å². The fourth-order valence-electron chi connectivity index (χ4n) is 3.77. The van der Waals surface area contributed by atoms with Crippen molar-refractivity contribution < 1.29 is 13.2 Å². The summed E-state index contributed by atoms with van der Waals surface area (Å²) in [5.74, 6) is 0.331. The van der Waals surface area contributed by atoms with Gasteiger partial charge in [-0.15, -0.1) is 11.3 Å². The molecule has 1 aromatic heterocycles. The number of anilines is 1. The summed E-state index contributed by atoms with van der Waals surface area (Å²) in [6.07, 6.45) is 3.78. The van der Waals surface area contributed by atoms with E-state index in [1.54, 1.807) is 12.1 Å². The molecule has 0 bridgehead atoms. The highest BCUT2D eigenvalue weighted by molar-refractivity contribution is 7.90. The summed E-state index contributed by atoms with van der Waals surface area (Å²) in [7, 11) is -3.71. The second-order valence-corrected chi connectivity index (χ2v) is 11.3. The summed E-state index contributed by atoms with van der Waals surface area (Å²) >= 11 is 1.51. The van der Waals surface area contributed by atoms with E-state index < -0.39 is 10.0 Å². The zero-order valence-corrected chi connectivity index (χ0v) is 20.9. The van der Waals surface area contributed by atoms with Crippen molar-refractivity contribution in [2.75, 3.05) is 11.9 Å². The smallest absolute Gasteiger partial charge is 0.262 e. The number of nitrogens with one attached hydrogen (secondary N) is 2. The molecule has 0 aliphatic carbocycles. The van der Waals surface area contributed by atoms with Crippen LogP contribution in [0.25, 0.3) is 11.3 Å². The number of benzene rings is 2. The molecule has 0 saturated carbocycles. The van der Waals surface area contributed by atoms with Crippen LogP contribution in [0.15, 0.2) is 58.4 Å². The first kappa shape index (κ1) is 24.1. The molecule has 7 nitrogen and oxygen atoms in total. The van der Waals surface area contributed by atoms with Crippen LogP contribution >= 0.6 is 11.3 Å². The van der Waals surface area contributed by atoms with E-state index in [0.717, 1.165) is 46.0 Å². The maximum Gasteiger partial charge on any atom is 0.262 e. The normalized spacial score (nSPS) is 14.2. The third kappa shape index (κ3) is 6.09. The average molecular weight is 497 g/mol. The SMILES string of the molecule is Cc1ccc(-c2nc(C)sc2CC(=O)Nc2ccc(S(=O)(=O)NC3=NCCCCC3)cc2)cc1. The Morgan fingerprint density at radius 3 is 2.47 bits per heavy atom. The van der Waals surface area contributed by atoms with Crippen molar-refractivity contribution in [3.8, 4) is 11.3 Å². The number of hydrogen-bond acceptors (Lipinski definition) is 6. The molecular weight excluding hydrogens is 468 g/mol. The van der Waals surface area contributed by atoms with Crippen LogP contribution in [0, 0.1) is 13.8 Å². The fraction of sp³-hybridized carbons (Fsp3) is 0.320. The highest BCUT2D eigenvalue weighted by Gasteiger charge is 2.18. The third-order valence-electron chi connectivity index (χ3n) is 5.53. The number of sulfonamides is 1. The number of nitrogens with zero attached hydrogens (tertiary/aromatic N) is 2. The highest BCUT2D eigenvalue weighted by Crippen LogP contribution is 2.29. The maximum absolute atomic E-state index is 12.7. The quantitative estimate of drug-likeness (QED) is 0.509. The molecule has 1 aliphatic heterocycles. The topological polar surface area (TPSA) is 101 Å². The zero-order chi connectivity index (χ0) is 24.1. The van der Waals surface area contributed by atoms with Crippen LogP contribution in [0.4, 0.5) is 5.69 Å². The molecule has 9 heteroatoms. The molecule has 1 aliphatic rings. The average Bonchev–Trinajstić information content (AvgIpc) is 2.98. The Kier molecular flexibility index (Phi) is 7.43. The summed E-state index contributed by atoms with van der Waals surface area (Å²) in [6.45, 7) is 4.60. The Morgan fingerprint density at radius 2 is 1.74 bits per heavy atom. The molecule has 34 heavy (non-hydrogen) atoms. The van der Waals surface area contributed by atoms with E-state index in [-0.39, 0.29) is 17.2 Å². The zero-order valence-electron chi connectivity index (χ0n) is 19.3. The number of hydrogen-bond donors (Lipinski definition) is 2. The van der Waals surface area contributed by atoms with E-state index in [0.29, 0.717) is 24.5 Å². The Labute approximate surface area is 204 Å². The van der Waals surface area contributed by atoms with Crippen LogP contribution in [-0.4, -0.2) is 31.7 Å². The Hall–Kier alpha value is -3.04. The van der Waals surface area contributed by atoms with Crippen LogP contribution in [0.3, 0.4) is 0 Å². The van der Waals surface area contributed by atoms with Crippen LogP contribution in [0.2, 0.25) is 0 Å². The van der Waals surface area contributed by atoms with Crippen molar-refractivity contribution in [2.45, 2.75) is 50.8 Å². The molecule has 4 rings (SSSR count). The number of rotatable bonds is 6. The summed E-state index contributed by atoms with van der Waals surface area (Å²) in [6, 6.07) is 14.3. The standard InChI is InChI=1S/C25H28N4O3S2/c1-17-7-9-19(10-8-17)25-22(33-18(2)27-25)16-24(30)28-20-11-13-21(14-12-20)34(31,32)29-23-6-4-3-5-15-26-23/h7-14H,3-6,15-16H2,1-2H3,(H,26,29)(H,28,30). The van der Waals surface area contributed by atoms with Crippen molar-refractivity contribution in [3.05, 3.63) is 64.0 Å². The van der Waals surface area contributed by atoms with E-state index in [9.17, 15) is 13.2 Å². The molecule has 0 unspecified atom stereocenters. The minimum atomic E-state index is -3.71. The van der Waals surface area contributed by atoms with Gasteiger partial charge in [0.1, 0.15) is 5.84 Å². The second-order valence-electron chi connectivity index (χ2n) is 8.36. The van der Waals surface area contributed by atoms with Gasteiger partial charge in [-0.05, 0) is 51.0 Å². The molecule has 1 amide bonds. The highest BCUT2D eigenvalue weighted by atomic mass is 32.2. The molecule has 2 aromatic carbocycles. The number of carbonyl (C=O) groups is 1. The van der Waals surface area contributed by atoms with Crippen molar-refractivity contribution in [2.24, 2.45) is 4.99 Å². The van der Waals surface area contributed by atoms with E-state index in [1.165, 1.54) is 23.5 Å². The molecule has 0 radical (unpaired) electrons. The molecule has 3 aromatic rings. The minimum Gasteiger partial charge on any atom is -0.326 e. The monoisotopic (exact) mass is 496 g/mol. The summed E-state index contributed by atoms with van der Waals surface area (Å²) < 4.78 is 28.0. The molecule has 178 valence electrons. The van der Waals surface area contributed by atoms with E-state index >= 15 is 0 Å². The van der Waals surface area contributed by atoms with Gasteiger partial charge < -0.3 is 5.32 Å². The number of amidine groups is 1. The fourth-order valence-corrected chi connectivity index (χ4v) is 5.81. The van der Waals surface area contributed by atoms with Gasteiger partial charge >= 0.3 is 0 Å². The van der Waals surface area contributed by atoms with Gasteiger partial charge in [0.05, 0.1) is 22.0 Å². The number of carbonyl (C=O) groups excluding carboxylic acids is 1. The first-order valence-electron chi connectivity index (χ1n) is 11.3. The number of amides is 1. The minimum absolute atomic E-state index is 0.136. The molecular formula is C25H28N4O3S2. The Balaban J connectivity index is 1.42. The number of aryl methyl sites for hydroxylation is 2. The predicted octanol–water partition coefficient (Wildman–Crippen LogP) is 4.86. The number of aromatic nitrogens is 1. The first-order valence-corrected chi connectivity index (χ1v) is 13.6. The molecule has 0 fully saturated rings. The molecule has 2 N–H and O–H groups in total. The van der Waals surface area contributed by atoms with Crippen LogP contribution in [0.5, 0.6) is 0 Å². The summed E-state index contributed by atoms with van der Waals surface area (Å²) in [5.41, 5.74) is 3.51. The van der Waals surface area contributed by atoms with Gasteiger partial charge in [0, 0.05) is 29.1 Å².